The monoisotopic (exact) mass is 420 g/mol. The molecule has 2 aromatic carbocycles. The Morgan fingerprint density at radius 3 is 2.45 bits per heavy atom. The second-order valence-electron chi connectivity index (χ2n) is 6.57. The van der Waals surface area contributed by atoms with E-state index in [1.165, 1.54) is 37.4 Å². The van der Waals surface area contributed by atoms with E-state index >= 15 is 0 Å². The zero-order valence-electron chi connectivity index (χ0n) is 16.1. The first kappa shape index (κ1) is 20.8. The summed E-state index contributed by atoms with van der Waals surface area (Å²) in [5.74, 6) is 0.276. The number of hydrazine groups is 1. The van der Waals surface area contributed by atoms with Crippen molar-refractivity contribution < 1.29 is 19.2 Å². The summed E-state index contributed by atoms with van der Waals surface area (Å²) >= 11 is 5.83. The molecule has 0 aliphatic carbocycles. The van der Waals surface area contributed by atoms with Crippen molar-refractivity contribution in [1.29, 1.82) is 0 Å². The highest BCUT2D eigenvalue weighted by molar-refractivity contribution is 6.30. The van der Waals surface area contributed by atoms with Gasteiger partial charge in [0.15, 0.2) is 11.5 Å². The number of carbonyl (C=O) groups is 1. The summed E-state index contributed by atoms with van der Waals surface area (Å²) in [6.45, 7) is 3.22. The van der Waals surface area contributed by atoms with Crippen LogP contribution in [0.15, 0.2) is 36.4 Å². The number of rotatable bonds is 6. The molecule has 1 heterocycles. The van der Waals surface area contributed by atoms with Crippen LogP contribution in [0.3, 0.4) is 0 Å². The fourth-order valence-electron chi connectivity index (χ4n) is 2.86. The molecule has 0 radical (unpaired) electrons. The Balaban J connectivity index is 1.77. The first-order valence-electron chi connectivity index (χ1n) is 8.91. The molecule has 1 amide bonds. The zero-order valence-corrected chi connectivity index (χ0v) is 16.8. The maximum absolute atomic E-state index is 12.5. The lowest BCUT2D eigenvalue weighted by Crippen LogP contribution is -2.52. The van der Waals surface area contributed by atoms with Gasteiger partial charge in [-0.25, -0.2) is 5.01 Å². The minimum absolute atomic E-state index is 0.0207. The Labute approximate surface area is 172 Å². The zero-order chi connectivity index (χ0) is 21.0. The van der Waals surface area contributed by atoms with Crippen LogP contribution < -0.4 is 14.9 Å². The highest BCUT2D eigenvalue weighted by atomic mass is 35.5. The Morgan fingerprint density at radius 1 is 1.10 bits per heavy atom. The lowest BCUT2D eigenvalue weighted by atomic mass is 10.2. The van der Waals surface area contributed by atoms with Crippen LogP contribution in [0.4, 0.5) is 5.69 Å². The quantitative estimate of drug-likeness (QED) is 0.566. The van der Waals surface area contributed by atoms with Crippen LogP contribution in [0, 0.1) is 10.1 Å². The predicted molar refractivity (Wildman–Crippen MR) is 108 cm³/mol. The molecule has 3 rings (SSSR count). The van der Waals surface area contributed by atoms with Crippen molar-refractivity contribution in [3.05, 3.63) is 57.1 Å². The van der Waals surface area contributed by atoms with E-state index in [4.69, 9.17) is 21.1 Å². The third-order valence-electron chi connectivity index (χ3n) is 4.53. The van der Waals surface area contributed by atoms with Crippen LogP contribution in [0.1, 0.15) is 10.4 Å². The van der Waals surface area contributed by atoms with E-state index in [-0.39, 0.29) is 33.9 Å². The molecule has 154 valence electrons. The van der Waals surface area contributed by atoms with Gasteiger partial charge in [-0.15, -0.1) is 0 Å². The van der Waals surface area contributed by atoms with Gasteiger partial charge in [0, 0.05) is 42.8 Å². The standard InChI is InChI=1S/C19H21ClN4O5/c1-22-7-9-23(10-8-22)21-19(25)13-3-5-17(18(11-13)28-2)29-16-6-4-14(20)12-15(16)24(26)27/h3-6,11-12H,7-10H2,1-2H3,(H,21,25). The van der Waals surface area contributed by atoms with Gasteiger partial charge in [-0.05, 0) is 37.4 Å². The molecular formula is C19H21ClN4O5. The Bertz CT molecular complexity index is 915. The van der Waals surface area contributed by atoms with Crippen molar-refractivity contribution in [3.8, 4) is 17.2 Å². The van der Waals surface area contributed by atoms with Gasteiger partial charge in [0.25, 0.3) is 5.91 Å². The summed E-state index contributed by atoms with van der Waals surface area (Å²) in [6.07, 6.45) is 0. The molecule has 1 fully saturated rings. The van der Waals surface area contributed by atoms with Crippen molar-refractivity contribution >= 4 is 23.2 Å². The van der Waals surface area contributed by atoms with Gasteiger partial charge in [0.05, 0.1) is 12.0 Å². The Kier molecular flexibility index (Phi) is 6.53. The fourth-order valence-corrected chi connectivity index (χ4v) is 3.02. The molecule has 29 heavy (non-hydrogen) atoms. The van der Waals surface area contributed by atoms with Gasteiger partial charge in [0.1, 0.15) is 0 Å². The molecular weight excluding hydrogens is 400 g/mol. The number of hydrogen-bond acceptors (Lipinski definition) is 7. The van der Waals surface area contributed by atoms with E-state index in [0.717, 1.165) is 26.2 Å². The highest BCUT2D eigenvalue weighted by Gasteiger charge is 2.20. The molecule has 0 spiro atoms. The summed E-state index contributed by atoms with van der Waals surface area (Å²) in [5.41, 5.74) is 2.99. The van der Waals surface area contributed by atoms with E-state index in [0.29, 0.717) is 5.56 Å². The van der Waals surface area contributed by atoms with Gasteiger partial charge in [-0.3, -0.25) is 20.3 Å². The van der Waals surface area contributed by atoms with E-state index < -0.39 is 4.92 Å². The summed E-state index contributed by atoms with van der Waals surface area (Å²) in [6, 6.07) is 8.76. The van der Waals surface area contributed by atoms with E-state index in [2.05, 4.69) is 10.3 Å². The van der Waals surface area contributed by atoms with Gasteiger partial charge >= 0.3 is 5.69 Å². The van der Waals surface area contributed by atoms with Crippen molar-refractivity contribution in [2.24, 2.45) is 0 Å². The summed E-state index contributed by atoms with van der Waals surface area (Å²) in [5, 5.41) is 13.3. The molecule has 2 aromatic rings. The minimum atomic E-state index is -0.578. The number of nitro benzene ring substituents is 1. The van der Waals surface area contributed by atoms with Gasteiger partial charge in [-0.2, -0.15) is 0 Å². The lowest BCUT2D eigenvalue weighted by Gasteiger charge is -2.32. The second-order valence-corrected chi connectivity index (χ2v) is 7.00. The topological polar surface area (TPSA) is 97.2 Å². The molecule has 0 atom stereocenters. The molecule has 0 saturated carbocycles. The average Bonchev–Trinajstić information content (AvgIpc) is 2.71. The van der Waals surface area contributed by atoms with Crippen LogP contribution in [-0.2, 0) is 0 Å². The van der Waals surface area contributed by atoms with Crippen molar-refractivity contribution in [1.82, 2.24) is 15.3 Å². The number of benzene rings is 2. The van der Waals surface area contributed by atoms with Crippen molar-refractivity contribution in [2.75, 3.05) is 40.3 Å². The van der Waals surface area contributed by atoms with Gasteiger partial charge in [-0.1, -0.05) is 11.6 Å². The maximum atomic E-state index is 12.5. The normalized spacial score (nSPS) is 15.0. The first-order valence-corrected chi connectivity index (χ1v) is 9.29. The number of halogens is 1. The number of nitrogens with one attached hydrogen (secondary N) is 1. The molecule has 0 bridgehead atoms. The van der Waals surface area contributed by atoms with Crippen LogP contribution >= 0.6 is 11.6 Å². The molecule has 0 unspecified atom stereocenters. The first-order chi connectivity index (χ1) is 13.9. The predicted octanol–water partition coefficient (Wildman–Crippen LogP) is 2.94. The van der Waals surface area contributed by atoms with Crippen molar-refractivity contribution in [3.63, 3.8) is 0 Å². The van der Waals surface area contributed by atoms with Crippen LogP contribution in [0.5, 0.6) is 17.2 Å². The molecule has 1 N–H and O–H groups in total. The van der Waals surface area contributed by atoms with Gasteiger partial charge in [0.2, 0.25) is 5.75 Å². The smallest absolute Gasteiger partial charge is 0.313 e. The van der Waals surface area contributed by atoms with Crippen LogP contribution in [0.2, 0.25) is 5.02 Å². The number of ether oxygens (including phenoxy) is 2. The number of methoxy groups -OCH3 is 1. The molecule has 1 saturated heterocycles. The van der Waals surface area contributed by atoms with Crippen LogP contribution in [0.25, 0.3) is 0 Å². The number of piperazine rings is 1. The van der Waals surface area contributed by atoms with E-state index in [1.807, 2.05) is 12.1 Å². The number of amides is 1. The molecule has 1 aliphatic rings. The van der Waals surface area contributed by atoms with E-state index in [9.17, 15) is 14.9 Å². The molecule has 0 aromatic heterocycles. The maximum Gasteiger partial charge on any atom is 0.313 e. The fraction of sp³-hybridized carbons (Fsp3) is 0.316. The third kappa shape index (κ3) is 5.14. The average molecular weight is 421 g/mol. The molecule has 1 aliphatic heterocycles. The summed E-state index contributed by atoms with van der Waals surface area (Å²) < 4.78 is 11.0. The van der Waals surface area contributed by atoms with Crippen molar-refractivity contribution in [2.45, 2.75) is 0 Å². The second kappa shape index (κ2) is 9.08. The molecule has 9 nitrogen and oxygen atoms in total. The number of likely N-dealkylation sites (N-methyl/N-ethyl adjacent to an activating group) is 1. The number of carbonyl (C=O) groups excluding carboxylic acids is 1. The molecule has 10 heteroatoms. The largest absolute Gasteiger partial charge is 0.493 e. The lowest BCUT2D eigenvalue weighted by molar-refractivity contribution is -0.385. The SMILES string of the molecule is COc1cc(C(=O)NN2CCN(C)CC2)ccc1Oc1ccc(Cl)cc1[N+](=O)[O-]. The number of hydrogen-bond donors (Lipinski definition) is 1. The van der Waals surface area contributed by atoms with Crippen LogP contribution in [-0.4, -0.2) is 61.1 Å². The highest BCUT2D eigenvalue weighted by Crippen LogP contribution is 2.37. The number of nitrogens with zero attached hydrogens (tertiary/aromatic N) is 3. The Morgan fingerprint density at radius 2 is 1.79 bits per heavy atom. The summed E-state index contributed by atoms with van der Waals surface area (Å²) in [4.78, 5) is 25.4. The van der Waals surface area contributed by atoms with E-state index in [1.54, 1.807) is 6.07 Å². The third-order valence-corrected chi connectivity index (χ3v) is 4.76. The Hall–Kier alpha value is -2.88. The van der Waals surface area contributed by atoms with Gasteiger partial charge < -0.3 is 14.4 Å². The minimum Gasteiger partial charge on any atom is -0.493 e. The number of nitro groups is 1. The summed E-state index contributed by atoms with van der Waals surface area (Å²) in [7, 11) is 3.47.